The van der Waals surface area contributed by atoms with Gasteiger partial charge in [-0.25, -0.2) is 9.37 Å². The van der Waals surface area contributed by atoms with Crippen LogP contribution in [0.3, 0.4) is 0 Å². The number of rotatable bonds is 2. The second kappa shape index (κ2) is 6.22. The van der Waals surface area contributed by atoms with Crippen LogP contribution in [0.25, 0.3) is 11.2 Å². The molecule has 7 N–H and O–H groups in total. The lowest BCUT2D eigenvalue weighted by atomic mass is 9.93. The summed E-state index contributed by atoms with van der Waals surface area (Å²) in [4.78, 5) is 19.9. The summed E-state index contributed by atoms with van der Waals surface area (Å²) in [6.45, 7) is 0.267. The minimum Gasteiger partial charge on any atom is -0.391 e. The first kappa shape index (κ1) is 18.1. The van der Waals surface area contributed by atoms with E-state index in [-0.39, 0.29) is 17.1 Å². The Kier molecular flexibility index (Phi) is 4.32. The molecule has 0 amide bonds. The Hall–Kier alpha value is -2.72. The number of anilines is 1. The molecular formula is C14H17FN6O5. The molecule has 11 nitrogen and oxygen atoms in total. The van der Waals surface area contributed by atoms with Crippen molar-refractivity contribution < 1.29 is 24.4 Å². The van der Waals surface area contributed by atoms with E-state index in [1.165, 1.54) is 6.92 Å². The van der Waals surface area contributed by atoms with Gasteiger partial charge in [0.05, 0.1) is 12.4 Å². The summed E-state index contributed by atoms with van der Waals surface area (Å²) in [7, 11) is 0. The molecule has 2 aromatic rings. The predicted molar refractivity (Wildman–Crippen MR) is 86.6 cm³/mol. The van der Waals surface area contributed by atoms with E-state index in [1.807, 2.05) is 5.92 Å². The minimum absolute atomic E-state index is 0.0851. The van der Waals surface area contributed by atoms with Gasteiger partial charge in [-0.05, 0) is 6.92 Å². The third kappa shape index (κ3) is 2.49. The Bertz CT molecular complexity index is 962. The molecule has 0 radical (unpaired) electrons. The van der Waals surface area contributed by atoms with Gasteiger partial charge >= 0.3 is 5.56 Å². The molecule has 0 spiro atoms. The van der Waals surface area contributed by atoms with Crippen molar-refractivity contribution in [1.82, 2.24) is 19.2 Å². The lowest BCUT2D eigenvalue weighted by Gasteiger charge is -2.26. The highest BCUT2D eigenvalue weighted by molar-refractivity contribution is 5.71. The van der Waals surface area contributed by atoms with Gasteiger partial charge in [0.2, 0.25) is 5.95 Å². The van der Waals surface area contributed by atoms with Gasteiger partial charge in [0.15, 0.2) is 23.0 Å². The molecule has 1 fully saturated rings. The van der Waals surface area contributed by atoms with Crippen molar-refractivity contribution in [2.45, 2.75) is 37.1 Å². The van der Waals surface area contributed by atoms with Gasteiger partial charge in [-0.15, -0.1) is 0 Å². The van der Waals surface area contributed by atoms with Crippen LogP contribution < -0.4 is 17.1 Å². The Labute approximate surface area is 145 Å². The fourth-order valence-electron chi connectivity index (χ4n) is 2.86. The van der Waals surface area contributed by atoms with E-state index in [1.54, 1.807) is 0 Å². The number of imidazole rings is 1. The standard InChI is InChI=1S/C14H17FN6O5/c1-6(22)8-9(23)14(25,3-2-4-15)12(26-8)20-5-18-7-10(20)19-13(16)21(17)11(7)24/h5-6,8-9,12,22-23,25H,4,17H2,1H3,(H2,16,19)/t6-,8-,9?,12-,14-/m1/s1. The van der Waals surface area contributed by atoms with E-state index in [4.69, 9.17) is 16.3 Å². The zero-order valence-corrected chi connectivity index (χ0v) is 13.6. The van der Waals surface area contributed by atoms with Gasteiger partial charge in [-0.3, -0.25) is 9.36 Å². The number of nitrogen functional groups attached to an aromatic ring is 2. The van der Waals surface area contributed by atoms with Crippen LogP contribution in [0, 0.1) is 11.8 Å². The Balaban J connectivity index is 2.21. The van der Waals surface area contributed by atoms with Crippen LogP contribution in [0.5, 0.6) is 0 Å². The van der Waals surface area contributed by atoms with Gasteiger partial charge in [0.25, 0.3) is 0 Å². The van der Waals surface area contributed by atoms with Crippen molar-refractivity contribution in [2.24, 2.45) is 0 Å². The lowest BCUT2D eigenvalue weighted by molar-refractivity contribution is -0.0847. The normalized spacial score (nSPS) is 29.5. The second-order valence-electron chi connectivity index (χ2n) is 5.87. The number of alkyl halides is 1. The van der Waals surface area contributed by atoms with Gasteiger partial charge in [0, 0.05) is 0 Å². The average Bonchev–Trinajstić information content (AvgIpc) is 3.11. The van der Waals surface area contributed by atoms with E-state index < -0.39 is 42.4 Å². The molecule has 26 heavy (non-hydrogen) atoms. The lowest BCUT2D eigenvalue weighted by Crippen LogP contribution is -2.47. The maximum absolute atomic E-state index is 12.5. The maximum Gasteiger partial charge on any atom is 0.301 e. The number of hydrogen-bond acceptors (Lipinski definition) is 9. The smallest absolute Gasteiger partial charge is 0.301 e. The highest BCUT2D eigenvalue weighted by Gasteiger charge is 2.57. The van der Waals surface area contributed by atoms with Crippen LogP contribution in [0.2, 0.25) is 0 Å². The molecule has 0 aliphatic carbocycles. The molecule has 2 aromatic heterocycles. The minimum atomic E-state index is -2.30. The van der Waals surface area contributed by atoms with Crippen molar-refractivity contribution in [3.8, 4) is 11.8 Å². The van der Waals surface area contributed by atoms with E-state index in [2.05, 4.69) is 15.9 Å². The zero-order valence-electron chi connectivity index (χ0n) is 13.6. The van der Waals surface area contributed by atoms with Crippen LogP contribution in [0.1, 0.15) is 13.2 Å². The van der Waals surface area contributed by atoms with E-state index in [9.17, 15) is 24.5 Å². The van der Waals surface area contributed by atoms with Crippen molar-refractivity contribution in [3.05, 3.63) is 16.7 Å². The summed E-state index contributed by atoms with van der Waals surface area (Å²) in [6.07, 6.45) is -4.41. The zero-order chi connectivity index (χ0) is 19.2. The number of hydrogen-bond donors (Lipinski definition) is 5. The highest BCUT2D eigenvalue weighted by atomic mass is 19.1. The molecule has 0 aromatic carbocycles. The summed E-state index contributed by atoms with van der Waals surface area (Å²) in [5.41, 5.74) is 2.29. The summed E-state index contributed by atoms with van der Waals surface area (Å²) < 4.78 is 19.8. The van der Waals surface area contributed by atoms with Gasteiger partial charge in [-0.2, -0.15) is 9.66 Å². The third-order valence-electron chi connectivity index (χ3n) is 4.16. The first-order chi connectivity index (χ1) is 12.2. The van der Waals surface area contributed by atoms with Crippen molar-refractivity contribution in [3.63, 3.8) is 0 Å². The quantitative estimate of drug-likeness (QED) is 0.277. The Morgan fingerprint density at radius 2 is 2.27 bits per heavy atom. The number of nitrogens with two attached hydrogens (primary N) is 2. The van der Waals surface area contributed by atoms with Crippen molar-refractivity contribution >= 4 is 17.1 Å². The molecule has 1 unspecified atom stereocenters. The second-order valence-corrected chi connectivity index (χ2v) is 5.87. The molecule has 1 aliphatic rings. The molecule has 140 valence electrons. The third-order valence-corrected chi connectivity index (χ3v) is 4.16. The highest BCUT2D eigenvalue weighted by Crippen LogP contribution is 2.40. The number of aliphatic hydroxyl groups is 3. The van der Waals surface area contributed by atoms with Gasteiger partial charge in [-0.1, -0.05) is 11.8 Å². The van der Waals surface area contributed by atoms with Crippen LogP contribution in [-0.2, 0) is 4.74 Å². The number of ether oxygens (including phenoxy) is 1. The monoisotopic (exact) mass is 368 g/mol. The molecule has 0 saturated carbocycles. The Morgan fingerprint density at radius 1 is 1.58 bits per heavy atom. The first-order valence-corrected chi connectivity index (χ1v) is 7.52. The summed E-state index contributed by atoms with van der Waals surface area (Å²) >= 11 is 0. The van der Waals surface area contributed by atoms with Crippen LogP contribution in [0.15, 0.2) is 11.1 Å². The molecule has 3 heterocycles. The molecule has 5 atom stereocenters. The molecular weight excluding hydrogens is 351 g/mol. The largest absolute Gasteiger partial charge is 0.391 e. The van der Waals surface area contributed by atoms with E-state index in [0.717, 1.165) is 10.9 Å². The number of nitrogens with zero attached hydrogens (tertiary/aromatic N) is 4. The summed E-state index contributed by atoms with van der Waals surface area (Å²) in [5, 5.41) is 31.0. The summed E-state index contributed by atoms with van der Waals surface area (Å²) in [5.74, 6) is 9.39. The summed E-state index contributed by atoms with van der Waals surface area (Å²) in [6, 6.07) is 0. The predicted octanol–water partition coefficient (Wildman–Crippen LogP) is -2.77. The number of fused-ring (bicyclic) bond motifs is 1. The van der Waals surface area contributed by atoms with E-state index >= 15 is 0 Å². The van der Waals surface area contributed by atoms with Crippen molar-refractivity contribution in [2.75, 3.05) is 18.3 Å². The van der Waals surface area contributed by atoms with E-state index in [0.29, 0.717) is 4.68 Å². The number of aromatic nitrogens is 4. The van der Waals surface area contributed by atoms with Crippen molar-refractivity contribution in [1.29, 1.82) is 0 Å². The SMILES string of the molecule is C[C@@H](O)[C@H]1O[C@@H](n2cnc3c(=O)n(N)c(N)nc32)[C@@](O)(C#CCF)C1O. The van der Waals surface area contributed by atoms with Crippen LogP contribution >= 0.6 is 0 Å². The molecule has 1 saturated heterocycles. The molecule has 1 aliphatic heterocycles. The fourth-order valence-corrected chi connectivity index (χ4v) is 2.86. The van der Waals surface area contributed by atoms with Gasteiger partial charge < -0.3 is 31.6 Å². The number of halogens is 1. The fraction of sp³-hybridized carbons (Fsp3) is 0.500. The Morgan fingerprint density at radius 3 is 2.88 bits per heavy atom. The van der Waals surface area contributed by atoms with Crippen LogP contribution in [0.4, 0.5) is 10.3 Å². The topological polar surface area (TPSA) is 175 Å². The number of aliphatic hydroxyl groups excluding tert-OH is 2. The first-order valence-electron chi connectivity index (χ1n) is 7.52. The average molecular weight is 368 g/mol. The van der Waals surface area contributed by atoms with Gasteiger partial charge in [0.1, 0.15) is 18.9 Å². The van der Waals surface area contributed by atoms with Crippen LogP contribution in [-0.4, -0.2) is 65.1 Å². The molecule has 0 bridgehead atoms. The molecule has 12 heteroatoms. The maximum atomic E-state index is 12.5. The molecule has 3 rings (SSSR count).